The average molecular weight is 369 g/mol. The Morgan fingerprint density at radius 2 is 2.12 bits per heavy atom. The zero-order chi connectivity index (χ0) is 18.6. The molecule has 0 aromatic heterocycles. The third kappa shape index (κ3) is 4.52. The Hall–Kier alpha value is -2.60. The summed E-state index contributed by atoms with van der Waals surface area (Å²) < 4.78 is 13.2. The quantitative estimate of drug-likeness (QED) is 0.796. The number of amides is 1. The van der Waals surface area contributed by atoms with E-state index in [1.807, 2.05) is 31.2 Å². The molecular weight excluding hydrogens is 349 g/mol. The standard InChI is InChI=1S/C20H20FN3OS/c1-20(10-11-26-19(22)24-20)15-5-3-7-17(13-15)23-18(25)9-8-14-4-2-6-16(21)12-14/h2-9,12-13H,10-11H2,1H3,(H2,22,24)(H,23,25). The molecule has 1 aliphatic heterocycles. The van der Waals surface area contributed by atoms with E-state index in [1.54, 1.807) is 30.0 Å². The van der Waals surface area contributed by atoms with Gasteiger partial charge in [-0.05, 0) is 54.8 Å². The van der Waals surface area contributed by atoms with E-state index in [2.05, 4.69) is 10.3 Å². The summed E-state index contributed by atoms with van der Waals surface area (Å²) in [5.74, 6) is 0.302. The first-order valence-electron chi connectivity index (χ1n) is 8.28. The van der Waals surface area contributed by atoms with Gasteiger partial charge < -0.3 is 11.1 Å². The second-order valence-electron chi connectivity index (χ2n) is 6.28. The minimum absolute atomic E-state index is 0.279. The number of nitrogens with one attached hydrogen (secondary N) is 1. The lowest BCUT2D eigenvalue weighted by Crippen LogP contribution is -2.28. The van der Waals surface area contributed by atoms with Gasteiger partial charge in [0.15, 0.2) is 5.17 Å². The summed E-state index contributed by atoms with van der Waals surface area (Å²) in [5, 5.41) is 3.42. The lowest BCUT2D eigenvalue weighted by atomic mass is 9.89. The lowest BCUT2D eigenvalue weighted by molar-refractivity contribution is -0.111. The summed E-state index contributed by atoms with van der Waals surface area (Å²) in [6, 6.07) is 13.7. The van der Waals surface area contributed by atoms with Crippen LogP contribution in [0.25, 0.3) is 6.08 Å². The van der Waals surface area contributed by atoms with Crippen molar-refractivity contribution in [2.45, 2.75) is 18.9 Å². The number of carbonyl (C=O) groups is 1. The van der Waals surface area contributed by atoms with Gasteiger partial charge in [0, 0.05) is 17.5 Å². The summed E-state index contributed by atoms with van der Waals surface area (Å²) in [5.41, 5.74) is 7.82. The van der Waals surface area contributed by atoms with Gasteiger partial charge in [-0.1, -0.05) is 36.0 Å². The van der Waals surface area contributed by atoms with Crippen LogP contribution in [-0.2, 0) is 10.3 Å². The highest BCUT2D eigenvalue weighted by Crippen LogP contribution is 2.35. The monoisotopic (exact) mass is 369 g/mol. The van der Waals surface area contributed by atoms with Crippen LogP contribution in [0, 0.1) is 5.82 Å². The Labute approximate surface area is 156 Å². The predicted molar refractivity (Wildman–Crippen MR) is 107 cm³/mol. The number of hydrogen-bond donors (Lipinski definition) is 2. The molecule has 2 aromatic rings. The van der Waals surface area contributed by atoms with Gasteiger partial charge in [0.05, 0.1) is 5.54 Å². The van der Waals surface area contributed by atoms with Gasteiger partial charge in [0.2, 0.25) is 5.91 Å². The molecule has 0 saturated carbocycles. The molecule has 3 rings (SSSR count). The maximum atomic E-state index is 13.2. The molecule has 0 fully saturated rings. The molecule has 1 atom stereocenters. The highest BCUT2D eigenvalue weighted by atomic mass is 32.2. The zero-order valence-corrected chi connectivity index (χ0v) is 15.2. The third-order valence-corrected chi connectivity index (χ3v) is 5.02. The molecule has 134 valence electrons. The smallest absolute Gasteiger partial charge is 0.248 e. The molecule has 6 heteroatoms. The number of hydrogen-bond acceptors (Lipinski definition) is 4. The van der Waals surface area contributed by atoms with Crippen molar-refractivity contribution in [1.82, 2.24) is 0 Å². The topological polar surface area (TPSA) is 67.5 Å². The molecule has 1 unspecified atom stereocenters. The molecule has 0 bridgehead atoms. The van der Waals surface area contributed by atoms with Gasteiger partial charge in [-0.25, -0.2) is 4.39 Å². The first-order chi connectivity index (χ1) is 12.4. The van der Waals surface area contributed by atoms with Crippen molar-refractivity contribution >= 4 is 34.6 Å². The Morgan fingerprint density at radius 1 is 1.31 bits per heavy atom. The SMILES string of the molecule is CC1(c2cccc(NC(=O)C=Cc3cccc(F)c3)c2)CCSC(N)=N1. The Balaban J connectivity index is 1.72. The van der Waals surface area contributed by atoms with E-state index < -0.39 is 0 Å². The predicted octanol–water partition coefficient (Wildman–Crippen LogP) is 4.14. The van der Waals surface area contributed by atoms with Crippen molar-refractivity contribution in [2.24, 2.45) is 10.7 Å². The van der Waals surface area contributed by atoms with Gasteiger partial charge in [0.1, 0.15) is 5.82 Å². The number of anilines is 1. The van der Waals surface area contributed by atoms with Crippen molar-refractivity contribution in [2.75, 3.05) is 11.1 Å². The second kappa shape index (κ2) is 7.74. The van der Waals surface area contributed by atoms with E-state index in [-0.39, 0.29) is 17.3 Å². The van der Waals surface area contributed by atoms with Crippen LogP contribution < -0.4 is 11.1 Å². The minimum Gasteiger partial charge on any atom is -0.379 e. The molecule has 0 spiro atoms. The molecular formula is C20H20FN3OS. The number of benzene rings is 2. The van der Waals surface area contributed by atoms with Crippen molar-refractivity contribution in [3.63, 3.8) is 0 Å². The van der Waals surface area contributed by atoms with Crippen LogP contribution in [0.4, 0.5) is 10.1 Å². The van der Waals surface area contributed by atoms with Crippen molar-refractivity contribution in [1.29, 1.82) is 0 Å². The van der Waals surface area contributed by atoms with E-state index in [4.69, 9.17) is 5.73 Å². The third-order valence-electron chi connectivity index (χ3n) is 4.22. The van der Waals surface area contributed by atoms with Gasteiger partial charge in [-0.2, -0.15) is 0 Å². The van der Waals surface area contributed by atoms with Gasteiger partial charge in [0.25, 0.3) is 0 Å². The average Bonchev–Trinajstić information content (AvgIpc) is 2.60. The molecule has 1 amide bonds. The lowest BCUT2D eigenvalue weighted by Gasteiger charge is -2.30. The van der Waals surface area contributed by atoms with Crippen LogP contribution >= 0.6 is 11.8 Å². The van der Waals surface area contributed by atoms with E-state index >= 15 is 0 Å². The minimum atomic E-state index is -0.381. The Bertz CT molecular complexity index is 881. The fourth-order valence-corrected chi connectivity index (χ4v) is 3.77. The molecule has 0 aliphatic carbocycles. The van der Waals surface area contributed by atoms with Crippen molar-refractivity contribution in [3.8, 4) is 0 Å². The van der Waals surface area contributed by atoms with E-state index in [9.17, 15) is 9.18 Å². The molecule has 4 nitrogen and oxygen atoms in total. The fourth-order valence-electron chi connectivity index (χ4n) is 2.79. The maximum Gasteiger partial charge on any atom is 0.248 e. The van der Waals surface area contributed by atoms with E-state index in [0.29, 0.717) is 16.4 Å². The van der Waals surface area contributed by atoms with Gasteiger partial charge >= 0.3 is 0 Å². The van der Waals surface area contributed by atoms with Crippen molar-refractivity contribution < 1.29 is 9.18 Å². The zero-order valence-electron chi connectivity index (χ0n) is 14.4. The number of nitrogens with zero attached hydrogens (tertiary/aromatic N) is 1. The van der Waals surface area contributed by atoms with Crippen LogP contribution in [-0.4, -0.2) is 16.8 Å². The highest BCUT2D eigenvalue weighted by molar-refractivity contribution is 8.13. The fraction of sp³-hybridized carbons (Fsp3) is 0.200. The van der Waals surface area contributed by atoms with Crippen molar-refractivity contribution in [3.05, 3.63) is 71.6 Å². The molecule has 1 aliphatic rings. The first kappa shape index (κ1) is 18.2. The number of amidine groups is 1. The summed E-state index contributed by atoms with van der Waals surface area (Å²) >= 11 is 1.56. The second-order valence-corrected chi connectivity index (χ2v) is 7.40. The van der Waals surface area contributed by atoms with Crippen LogP contribution in [0.2, 0.25) is 0 Å². The molecule has 0 saturated heterocycles. The molecule has 26 heavy (non-hydrogen) atoms. The molecule has 1 heterocycles. The Kier molecular flexibility index (Phi) is 5.42. The highest BCUT2D eigenvalue weighted by Gasteiger charge is 2.29. The van der Waals surface area contributed by atoms with Crippen LogP contribution in [0.5, 0.6) is 0 Å². The summed E-state index contributed by atoms with van der Waals surface area (Å²) in [6.45, 7) is 2.05. The number of rotatable bonds is 4. The molecule has 2 aromatic carbocycles. The van der Waals surface area contributed by atoms with Gasteiger partial charge in [-0.15, -0.1) is 0 Å². The normalized spacial score (nSPS) is 20.0. The number of carbonyl (C=O) groups excluding carboxylic acids is 1. The Morgan fingerprint density at radius 3 is 2.88 bits per heavy atom. The largest absolute Gasteiger partial charge is 0.379 e. The van der Waals surface area contributed by atoms with E-state index in [0.717, 1.165) is 17.7 Å². The maximum absolute atomic E-state index is 13.2. The summed E-state index contributed by atoms with van der Waals surface area (Å²) in [4.78, 5) is 16.7. The number of nitrogens with two attached hydrogens (primary N) is 1. The summed E-state index contributed by atoms with van der Waals surface area (Å²) in [7, 11) is 0. The molecule has 0 radical (unpaired) electrons. The number of aliphatic imine (C=N–C) groups is 1. The van der Waals surface area contributed by atoms with Gasteiger partial charge in [-0.3, -0.25) is 9.79 Å². The van der Waals surface area contributed by atoms with Crippen LogP contribution in [0.3, 0.4) is 0 Å². The van der Waals surface area contributed by atoms with Crippen LogP contribution in [0.15, 0.2) is 59.6 Å². The molecule has 3 N–H and O–H groups in total. The number of thioether (sulfide) groups is 1. The van der Waals surface area contributed by atoms with Crippen LogP contribution in [0.1, 0.15) is 24.5 Å². The number of halogens is 1. The van der Waals surface area contributed by atoms with E-state index in [1.165, 1.54) is 18.2 Å². The first-order valence-corrected chi connectivity index (χ1v) is 9.26. The summed E-state index contributed by atoms with van der Waals surface area (Å²) in [6.07, 6.45) is 3.85.